The second-order valence-electron chi connectivity index (χ2n) is 3.41. The average Bonchev–Trinajstić information content (AvgIpc) is 2.16. The Kier molecular flexibility index (Phi) is 3.41. The lowest BCUT2D eigenvalue weighted by Gasteiger charge is -2.20. The van der Waals surface area contributed by atoms with E-state index in [1.807, 2.05) is 0 Å². The van der Waals surface area contributed by atoms with Gasteiger partial charge in [-0.2, -0.15) is 8.70 Å². The van der Waals surface area contributed by atoms with Crippen LogP contribution in [0.4, 0.5) is 4.39 Å². The quantitative estimate of drug-likeness (QED) is 0.737. The molecule has 0 aromatic carbocycles. The molecule has 4 nitrogen and oxygen atoms in total. The molecule has 1 heterocycles. The van der Waals surface area contributed by atoms with Crippen molar-refractivity contribution in [3.05, 3.63) is 24.1 Å². The predicted octanol–water partition coefficient (Wildman–Crippen LogP) is 1.25. The summed E-state index contributed by atoms with van der Waals surface area (Å²) >= 11 is 0. The van der Waals surface area contributed by atoms with Gasteiger partial charge in [0.1, 0.15) is 0 Å². The van der Waals surface area contributed by atoms with Gasteiger partial charge in [0.25, 0.3) is 10.0 Å². The molecular weight excluding hydrogens is 219 g/mol. The first-order chi connectivity index (χ1) is 6.85. The van der Waals surface area contributed by atoms with Crippen molar-refractivity contribution in [2.24, 2.45) is 0 Å². The number of pyridine rings is 1. The van der Waals surface area contributed by atoms with Crippen molar-refractivity contribution < 1.29 is 12.8 Å². The maximum atomic E-state index is 12.8. The summed E-state index contributed by atoms with van der Waals surface area (Å²) in [4.78, 5) is 3.35. The van der Waals surface area contributed by atoms with Crippen LogP contribution in [0.15, 0.2) is 23.2 Å². The van der Waals surface area contributed by atoms with Crippen LogP contribution in [0.2, 0.25) is 0 Å². The van der Waals surface area contributed by atoms with Gasteiger partial charge in [-0.15, -0.1) is 0 Å². The van der Waals surface area contributed by atoms with Gasteiger partial charge in [0.15, 0.2) is 5.03 Å². The van der Waals surface area contributed by atoms with Crippen LogP contribution < -0.4 is 0 Å². The molecule has 0 unspecified atom stereocenters. The molecular formula is C9H13FN2O2S. The molecule has 0 fully saturated rings. The highest BCUT2D eigenvalue weighted by Gasteiger charge is 2.24. The third-order valence-electron chi connectivity index (χ3n) is 2.06. The van der Waals surface area contributed by atoms with E-state index < -0.39 is 16.0 Å². The van der Waals surface area contributed by atoms with E-state index in [9.17, 15) is 12.8 Å². The fourth-order valence-corrected chi connectivity index (χ4v) is 2.26. The predicted molar refractivity (Wildman–Crippen MR) is 54.3 cm³/mol. The van der Waals surface area contributed by atoms with E-state index in [-0.39, 0.29) is 11.1 Å². The Labute approximate surface area is 88.8 Å². The summed E-state index contributed by atoms with van der Waals surface area (Å²) in [6, 6.07) is 3.51. The van der Waals surface area contributed by atoms with Gasteiger partial charge in [-0.25, -0.2) is 13.4 Å². The molecule has 1 aromatic rings. The summed E-state index contributed by atoms with van der Waals surface area (Å²) in [5.74, 6) is -0.798. The number of hydrogen-bond acceptors (Lipinski definition) is 3. The zero-order chi connectivity index (χ0) is 11.6. The number of halogens is 1. The summed E-state index contributed by atoms with van der Waals surface area (Å²) in [7, 11) is -2.24. The van der Waals surface area contributed by atoms with E-state index in [0.29, 0.717) is 0 Å². The van der Waals surface area contributed by atoms with Crippen molar-refractivity contribution in [3.8, 4) is 0 Å². The van der Waals surface area contributed by atoms with E-state index in [2.05, 4.69) is 4.98 Å². The van der Waals surface area contributed by atoms with E-state index in [0.717, 1.165) is 10.4 Å². The van der Waals surface area contributed by atoms with Crippen LogP contribution in [0.5, 0.6) is 0 Å². The average molecular weight is 232 g/mol. The maximum Gasteiger partial charge on any atom is 0.260 e. The zero-order valence-electron chi connectivity index (χ0n) is 8.81. The summed E-state index contributed by atoms with van der Waals surface area (Å²) in [6.07, 6.45) is 0. The number of sulfonamides is 1. The molecule has 0 aliphatic carbocycles. The summed E-state index contributed by atoms with van der Waals surface area (Å²) in [5, 5.41) is -0.265. The van der Waals surface area contributed by atoms with Crippen molar-refractivity contribution in [1.29, 1.82) is 0 Å². The zero-order valence-corrected chi connectivity index (χ0v) is 9.62. The summed E-state index contributed by atoms with van der Waals surface area (Å²) < 4.78 is 37.6. The topological polar surface area (TPSA) is 50.3 Å². The van der Waals surface area contributed by atoms with Crippen LogP contribution in [0.3, 0.4) is 0 Å². The number of nitrogens with zero attached hydrogens (tertiary/aromatic N) is 2. The number of hydrogen-bond donors (Lipinski definition) is 0. The maximum absolute atomic E-state index is 12.8. The second-order valence-corrected chi connectivity index (χ2v) is 5.36. The molecule has 0 atom stereocenters. The van der Waals surface area contributed by atoms with E-state index in [1.54, 1.807) is 13.8 Å². The monoisotopic (exact) mass is 232 g/mol. The molecule has 0 aliphatic heterocycles. The SMILES string of the molecule is CC(C)N(C)S(=O)(=O)c1cccc(F)n1. The first-order valence-corrected chi connectivity index (χ1v) is 5.90. The Bertz CT molecular complexity index is 445. The van der Waals surface area contributed by atoms with Crippen molar-refractivity contribution in [3.63, 3.8) is 0 Å². The van der Waals surface area contributed by atoms with Gasteiger partial charge in [0, 0.05) is 13.1 Å². The minimum absolute atomic E-state index is 0.194. The second kappa shape index (κ2) is 4.24. The third kappa shape index (κ3) is 2.51. The van der Waals surface area contributed by atoms with Gasteiger partial charge < -0.3 is 0 Å². The summed E-state index contributed by atoms with van der Waals surface area (Å²) in [5.41, 5.74) is 0. The summed E-state index contributed by atoms with van der Waals surface area (Å²) in [6.45, 7) is 3.47. The van der Waals surface area contributed by atoms with Crippen LogP contribution in [-0.4, -0.2) is 30.8 Å². The van der Waals surface area contributed by atoms with Crippen molar-refractivity contribution >= 4 is 10.0 Å². The fourth-order valence-electron chi connectivity index (χ4n) is 0.958. The lowest BCUT2D eigenvalue weighted by atomic mass is 10.4. The first-order valence-electron chi connectivity index (χ1n) is 4.46. The largest absolute Gasteiger partial charge is 0.260 e. The minimum atomic E-state index is -3.68. The van der Waals surface area contributed by atoms with Crippen LogP contribution in [-0.2, 0) is 10.0 Å². The van der Waals surface area contributed by atoms with Crippen LogP contribution in [0, 0.1) is 5.95 Å². The van der Waals surface area contributed by atoms with Gasteiger partial charge in [-0.05, 0) is 26.0 Å². The lowest BCUT2D eigenvalue weighted by Crippen LogP contribution is -2.33. The molecule has 0 bridgehead atoms. The molecule has 0 amide bonds. The van der Waals surface area contributed by atoms with E-state index in [4.69, 9.17) is 0 Å². The Morgan fingerprint density at radius 1 is 1.40 bits per heavy atom. The molecule has 0 N–H and O–H groups in total. The normalized spacial score (nSPS) is 12.4. The molecule has 1 rings (SSSR count). The van der Waals surface area contributed by atoms with Crippen molar-refractivity contribution in [2.45, 2.75) is 24.9 Å². The van der Waals surface area contributed by atoms with Crippen LogP contribution in [0.1, 0.15) is 13.8 Å². The van der Waals surface area contributed by atoms with Gasteiger partial charge in [0.2, 0.25) is 5.95 Å². The standard InChI is InChI=1S/C9H13FN2O2S/c1-7(2)12(3)15(13,14)9-6-4-5-8(10)11-9/h4-7H,1-3H3. The minimum Gasteiger partial charge on any atom is -0.206 e. The van der Waals surface area contributed by atoms with Crippen LogP contribution >= 0.6 is 0 Å². The molecule has 0 spiro atoms. The van der Waals surface area contributed by atoms with Gasteiger partial charge >= 0.3 is 0 Å². The molecule has 0 saturated carbocycles. The Hall–Kier alpha value is -1.01. The first kappa shape index (κ1) is 12.1. The molecule has 84 valence electrons. The lowest BCUT2D eigenvalue weighted by molar-refractivity contribution is 0.407. The Morgan fingerprint density at radius 2 is 2.00 bits per heavy atom. The molecule has 6 heteroatoms. The molecule has 1 aromatic heterocycles. The van der Waals surface area contributed by atoms with Gasteiger partial charge in [-0.1, -0.05) is 6.07 Å². The smallest absolute Gasteiger partial charge is 0.206 e. The van der Waals surface area contributed by atoms with Gasteiger partial charge in [-0.3, -0.25) is 0 Å². The highest BCUT2D eigenvalue weighted by Crippen LogP contribution is 2.13. The Balaban J connectivity index is 3.17. The highest BCUT2D eigenvalue weighted by molar-refractivity contribution is 7.89. The molecule has 15 heavy (non-hydrogen) atoms. The molecule has 0 aliphatic rings. The van der Waals surface area contributed by atoms with E-state index in [1.165, 1.54) is 19.2 Å². The third-order valence-corrected chi connectivity index (χ3v) is 4.00. The van der Waals surface area contributed by atoms with Crippen molar-refractivity contribution in [2.75, 3.05) is 7.05 Å². The number of aromatic nitrogens is 1. The Morgan fingerprint density at radius 3 is 2.47 bits per heavy atom. The van der Waals surface area contributed by atoms with Crippen molar-refractivity contribution in [1.82, 2.24) is 9.29 Å². The molecule has 0 radical (unpaired) electrons. The number of rotatable bonds is 3. The molecule has 0 saturated heterocycles. The van der Waals surface area contributed by atoms with E-state index >= 15 is 0 Å². The van der Waals surface area contributed by atoms with Gasteiger partial charge in [0.05, 0.1) is 0 Å². The van der Waals surface area contributed by atoms with Crippen LogP contribution in [0.25, 0.3) is 0 Å². The highest BCUT2D eigenvalue weighted by atomic mass is 32.2. The fraction of sp³-hybridized carbons (Fsp3) is 0.444.